The lowest BCUT2D eigenvalue weighted by Gasteiger charge is -2.39. The van der Waals surface area contributed by atoms with E-state index in [9.17, 15) is 15.0 Å². The maximum atomic E-state index is 13.3. The normalized spacial score (nSPS) is 24.7. The summed E-state index contributed by atoms with van der Waals surface area (Å²) >= 11 is 0. The van der Waals surface area contributed by atoms with Gasteiger partial charge in [-0.2, -0.15) is 0 Å². The molecule has 0 bridgehead atoms. The Kier molecular flexibility index (Phi) is 9.89. The van der Waals surface area contributed by atoms with Gasteiger partial charge in [0.05, 0.1) is 24.6 Å². The number of amides is 1. The molecule has 1 amide bonds. The third-order valence-corrected chi connectivity index (χ3v) is 9.71. The summed E-state index contributed by atoms with van der Waals surface area (Å²) in [5.41, 5.74) is 2.24. The number of ether oxygens (including phenoxy) is 3. The number of nitrogens with zero attached hydrogens (tertiary/aromatic N) is 1. The molecule has 1 aliphatic heterocycles. The zero-order chi connectivity index (χ0) is 32.3. The molecule has 3 atom stereocenters. The molecule has 3 heterocycles. The Morgan fingerprint density at radius 1 is 1.17 bits per heavy atom. The van der Waals surface area contributed by atoms with Gasteiger partial charge in [0, 0.05) is 60.7 Å². The van der Waals surface area contributed by atoms with Crippen LogP contribution in [-0.2, 0) is 11.3 Å². The van der Waals surface area contributed by atoms with E-state index in [1.807, 2.05) is 49.4 Å². The number of aliphatic hydroxyl groups is 2. The van der Waals surface area contributed by atoms with E-state index in [1.165, 1.54) is 0 Å². The first-order chi connectivity index (χ1) is 22.2. The molecule has 0 unspecified atom stereocenters. The van der Waals surface area contributed by atoms with Gasteiger partial charge in [-0.25, -0.2) is 0 Å². The van der Waals surface area contributed by atoms with Crippen molar-refractivity contribution in [3.63, 3.8) is 0 Å². The highest BCUT2D eigenvalue weighted by atomic mass is 16.5. The highest BCUT2D eigenvalue weighted by Gasteiger charge is 2.35. The van der Waals surface area contributed by atoms with E-state index in [4.69, 9.17) is 18.6 Å². The van der Waals surface area contributed by atoms with Crippen LogP contribution >= 0.6 is 0 Å². The van der Waals surface area contributed by atoms with Crippen LogP contribution in [0.3, 0.4) is 0 Å². The molecule has 2 aromatic carbocycles. The number of carbonyl (C=O) groups excluding carboxylic acids is 1. The molecule has 0 spiro atoms. The molecule has 248 valence electrons. The summed E-state index contributed by atoms with van der Waals surface area (Å²) in [7, 11) is 1.65. The van der Waals surface area contributed by atoms with Crippen LogP contribution in [0.2, 0.25) is 0 Å². The molecule has 2 aromatic heterocycles. The summed E-state index contributed by atoms with van der Waals surface area (Å²) in [4.78, 5) is 18.9. The third-order valence-electron chi connectivity index (χ3n) is 9.71. The number of likely N-dealkylation sites (tertiary alicyclic amines) is 1. The predicted octanol–water partition coefficient (Wildman–Crippen LogP) is 5.40. The van der Waals surface area contributed by atoms with Crippen molar-refractivity contribution in [3.05, 3.63) is 60.0 Å². The van der Waals surface area contributed by atoms with E-state index in [0.29, 0.717) is 37.5 Å². The monoisotopic (exact) mass is 633 g/mol. The van der Waals surface area contributed by atoms with Gasteiger partial charge < -0.3 is 44.0 Å². The summed E-state index contributed by atoms with van der Waals surface area (Å²) in [6.07, 6.45) is 5.74. The van der Waals surface area contributed by atoms with Crippen molar-refractivity contribution in [2.24, 2.45) is 5.92 Å². The van der Waals surface area contributed by atoms with Gasteiger partial charge in [0.15, 0.2) is 0 Å². The molecule has 0 radical (unpaired) electrons. The lowest BCUT2D eigenvalue weighted by Crippen LogP contribution is -2.47. The lowest BCUT2D eigenvalue weighted by molar-refractivity contribution is -0.0272. The Labute approximate surface area is 270 Å². The first-order valence-corrected chi connectivity index (χ1v) is 16.5. The van der Waals surface area contributed by atoms with E-state index in [0.717, 1.165) is 78.5 Å². The fraction of sp³-hybridized carbons (Fsp3) is 0.528. The van der Waals surface area contributed by atoms with Crippen LogP contribution in [0, 0.1) is 5.92 Å². The SMILES string of the molecule is COC[C@@H](C)Oc1ccc2c(COc3cccc4[nH]c(C(=O)NC5CCC(O)(CCN6CC[C@H](O)[C@@H](C)C6)CC5)cc34)coc2c1. The van der Waals surface area contributed by atoms with E-state index < -0.39 is 5.60 Å². The molecule has 2 aliphatic rings. The average molecular weight is 634 g/mol. The largest absolute Gasteiger partial charge is 0.488 e. The van der Waals surface area contributed by atoms with E-state index in [1.54, 1.807) is 13.4 Å². The number of benzene rings is 2. The molecular formula is C36H47N3O7. The number of aromatic nitrogens is 1. The number of aromatic amines is 1. The quantitative estimate of drug-likeness (QED) is 0.163. The Bertz CT molecular complexity index is 1620. The average Bonchev–Trinajstić information content (AvgIpc) is 3.66. The van der Waals surface area contributed by atoms with Crippen molar-refractivity contribution in [1.29, 1.82) is 0 Å². The Balaban J connectivity index is 1.02. The van der Waals surface area contributed by atoms with Gasteiger partial charge >= 0.3 is 0 Å². The summed E-state index contributed by atoms with van der Waals surface area (Å²) in [6, 6.07) is 13.4. The number of aliphatic hydroxyl groups excluding tert-OH is 1. The van der Waals surface area contributed by atoms with Gasteiger partial charge in [0.2, 0.25) is 0 Å². The van der Waals surface area contributed by atoms with Crippen molar-refractivity contribution >= 4 is 27.8 Å². The Morgan fingerprint density at radius 3 is 2.78 bits per heavy atom. The second-order valence-corrected chi connectivity index (χ2v) is 13.3. The third kappa shape index (κ3) is 7.52. The van der Waals surface area contributed by atoms with Crippen LogP contribution < -0.4 is 14.8 Å². The highest BCUT2D eigenvalue weighted by molar-refractivity contribution is 5.99. The number of hydrogen-bond donors (Lipinski definition) is 4. The van der Waals surface area contributed by atoms with Gasteiger partial charge in [0.1, 0.15) is 35.5 Å². The number of H-pyrrole nitrogens is 1. The van der Waals surface area contributed by atoms with Gasteiger partial charge in [-0.3, -0.25) is 4.79 Å². The van der Waals surface area contributed by atoms with Crippen molar-refractivity contribution < 1.29 is 33.6 Å². The summed E-state index contributed by atoms with van der Waals surface area (Å²) in [6.45, 7) is 7.44. The Morgan fingerprint density at radius 2 is 2.00 bits per heavy atom. The van der Waals surface area contributed by atoms with Gasteiger partial charge in [0.25, 0.3) is 5.91 Å². The number of hydrogen-bond acceptors (Lipinski definition) is 8. The zero-order valence-electron chi connectivity index (χ0n) is 27.1. The van der Waals surface area contributed by atoms with Gasteiger partial charge in [-0.1, -0.05) is 13.0 Å². The van der Waals surface area contributed by atoms with Crippen LogP contribution in [0.15, 0.2) is 53.1 Å². The van der Waals surface area contributed by atoms with E-state index >= 15 is 0 Å². The van der Waals surface area contributed by atoms with E-state index in [-0.39, 0.29) is 30.1 Å². The molecule has 1 saturated heterocycles. The number of fused-ring (bicyclic) bond motifs is 2. The second-order valence-electron chi connectivity index (χ2n) is 13.3. The van der Waals surface area contributed by atoms with Crippen molar-refractivity contribution in [1.82, 2.24) is 15.2 Å². The standard InChI is InChI=1S/C36H47N3O7/c1-23-19-39(15-11-32(23)40)16-14-36(42)12-9-26(10-13-36)37-35(41)31-18-29-30(38-31)5-4-6-33(29)44-21-25-22-45-34-17-27(7-8-28(25)34)46-24(2)20-43-3/h4-8,17-18,22-24,26,32,38,40,42H,9-16,19-21H2,1-3H3,(H,37,41)/t23-,24+,26?,32-,36?/m0/s1. The molecular weight excluding hydrogens is 586 g/mol. The van der Waals surface area contributed by atoms with Gasteiger partial charge in [-0.15, -0.1) is 0 Å². The number of rotatable bonds is 12. The van der Waals surface area contributed by atoms with Crippen LogP contribution in [0.4, 0.5) is 0 Å². The predicted molar refractivity (Wildman–Crippen MR) is 176 cm³/mol. The number of piperidine rings is 1. The molecule has 1 aliphatic carbocycles. The number of furan rings is 1. The molecule has 1 saturated carbocycles. The summed E-state index contributed by atoms with van der Waals surface area (Å²) in [5, 5.41) is 26.2. The molecule has 4 N–H and O–H groups in total. The molecule has 46 heavy (non-hydrogen) atoms. The van der Waals surface area contributed by atoms with Crippen LogP contribution in [0.1, 0.15) is 68.4 Å². The molecule has 10 nitrogen and oxygen atoms in total. The second kappa shape index (κ2) is 14.0. The molecule has 6 rings (SSSR count). The van der Waals surface area contributed by atoms with E-state index in [2.05, 4.69) is 22.1 Å². The fourth-order valence-corrected chi connectivity index (χ4v) is 6.88. The first kappa shape index (κ1) is 32.4. The smallest absolute Gasteiger partial charge is 0.267 e. The molecule has 10 heteroatoms. The minimum absolute atomic E-state index is 0.0172. The minimum Gasteiger partial charge on any atom is -0.488 e. The van der Waals surface area contributed by atoms with Crippen molar-refractivity contribution in [2.75, 3.05) is 33.4 Å². The molecule has 4 aromatic rings. The van der Waals surface area contributed by atoms with Crippen LogP contribution in [0.5, 0.6) is 11.5 Å². The topological polar surface area (TPSA) is 129 Å². The number of nitrogens with one attached hydrogen (secondary N) is 2. The maximum absolute atomic E-state index is 13.3. The van der Waals surface area contributed by atoms with Crippen molar-refractivity contribution in [3.8, 4) is 11.5 Å². The summed E-state index contributed by atoms with van der Waals surface area (Å²) < 4.78 is 23.1. The zero-order valence-corrected chi connectivity index (χ0v) is 27.1. The van der Waals surface area contributed by atoms with Crippen LogP contribution in [0.25, 0.3) is 21.9 Å². The van der Waals surface area contributed by atoms with Crippen LogP contribution in [-0.4, -0.2) is 83.2 Å². The van der Waals surface area contributed by atoms with Gasteiger partial charge in [-0.05, 0) is 81.7 Å². The molecule has 2 fully saturated rings. The number of carbonyl (C=O) groups is 1. The summed E-state index contributed by atoms with van der Waals surface area (Å²) in [5.74, 6) is 1.51. The maximum Gasteiger partial charge on any atom is 0.267 e. The first-order valence-electron chi connectivity index (χ1n) is 16.5. The Hall–Kier alpha value is -3.57. The lowest BCUT2D eigenvalue weighted by atomic mass is 9.80. The van der Waals surface area contributed by atoms with Crippen molar-refractivity contribution in [2.45, 2.75) is 82.8 Å². The number of methoxy groups -OCH3 is 1. The fourth-order valence-electron chi connectivity index (χ4n) is 6.88. The highest BCUT2D eigenvalue weighted by Crippen LogP contribution is 2.33. The minimum atomic E-state index is -0.701.